The number of benzene rings is 1. The highest BCUT2D eigenvalue weighted by atomic mass is 32.1. The summed E-state index contributed by atoms with van der Waals surface area (Å²) in [6, 6.07) is 8.45. The van der Waals surface area contributed by atoms with Gasteiger partial charge < -0.3 is 10.4 Å². The van der Waals surface area contributed by atoms with E-state index in [9.17, 15) is 4.79 Å². The second-order valence-electron chi connectivity index (χ2n) is 5.74. The number of carboxylic acid groups (broad SMARTS) is 1. The van der Waals surface area contributed by atoms with Gasteiger partial charge in [0.1, 0.15) is 11.4 Å². The van der Waals surface area contributed by atoms with Crippen molar-refractivity contribution in [1.29, 1.82) is 0 Å². The fraction of sp³-hybridized carbons (Fsp3) is 0.118. The molecule has 1 aromatic carbocycles. The zero-order chi connectivity index (χ0) is 18.3. The van der Waals surface area contributed by atoms with Gasteiger partial charge in [0.05, 0.1) is 17.0 Å². The third-order valence-electron chi connectivity index (χ3n) is 3.83. The molecule has 0 aliphatic heterocycles. The van der Waals surface area contributed by atoms with Crippen molar-refractivity contribution >= 4 is 33.8 Å². The lowest BCUT2D eigenvalue weighted by molar-refractivity contribution is 0.0697. The van der Waals surface area contributed by atoms with Crippen LogP contribution < -0.4 is 5.32 Å². The van der Waals surface area contributed by atoms with E-state index in [4.69, 9.17) is 5.11 Å². The van der Waals surface area contributed by atoms with Crippen LogP contribution in [-0.4, -0.2) is 35.9 Å². The molecule has 0 saturated heterocycles. The Labute approximate surface area is 152 Å². The van der Waals surface area contributed by atoms with Crippen LogP contribution in [-0.2, 0) is 0 Å². The van der Waals surface area contributed by atoms with Gasteiger partial charge in [-0.05, 0) is 32.0 Å². The summed E-state index contributed by atoms with van der Waals surface area (Å²) in [6.45, 7) is 3.83. The SMILES string of the molecule is Cc1cc2nnc(-c3csc(Nc4cccc(C(=O)O)c4)n3)c(C)n2n1. The summed E-state index contributed by atoms with van der Waals surface area (Å²) in [7, 11) is 0. The van der Waals surface area contributed by atoms with E-state index in [1.807, 2.05) is 25.3 Å². The minimum absolute atomic E-state index is 0.216. The molecule has 0 atom stereocenters. The normalized spacial score (nSPS) is 11.0. The molecular formula is C17H14N6O2S. The summed E-state index contributed by atoms with van der Waals surface area (Å²) >= 11 is 1.41. The maximum absolute atomic E-state index is 11.1. The molecule has 0 saturated carbocycles. The number of fused-ring (bicyclic) bond motifs is 1. The van der Waals surface area contributed by atoms with Gasteiger partial charge in [0.15, 0.2) is 10.8 Å². The second-order valence-corrected chi connectivity index (χ2v) is 6.60. The molecule has 0 fully saturated rings. The Bertz CT molecular complexity index is 1130. The lowest BCUT2D eigenvalue weighted by Gasteiger charge is -2.04. The van der Waals surface area contributed by atoms with E-state index in [0.717, 1.165) is 11.4 Å². The molecule has 3 aromatic heterocycles. The van der Waals surface area contributed by atoms with Crippen LogP contribution in [0.15, 0.2) is 35.7 Å². The average Bonchev–Trinajstić information content (AvgIpc) is 3.22. The number of aromatic carboxylic acids is 1. The highest BCUT2D eigenvalue weighted by Crippen LogP contribution is 2.28. The van der Waals surface area contributed by atoms with Crippen molar-refractivity contribution in [2.75, 3.05) is 5.32 Å². The van der Waals surface area contributed by atoms with E-state index in [1.165, 1.54) is 11.3 Å². The number of hydrogen-bond donors (Lipinski definition) is 2. The third kappa shape index (κ3) is 2.88. The van der Waals surface area contributed by atoms with Crippen LogP contribution in [0.1, 0.15) is 21.7 Å². The smallest absolute Gasteiger partial charge is 0.335 e. The molecule has 0 amide bonds. The lowest BCUT2D eigenvalue weighted by Crippen LogP contribution is -2.02. The molecule has 2 N–H and O–H groups in total. The zero-order valence-corrected chi connectivity index (χ0v) is 14.8. The first-order chi connectivity index (χ1) is 12.5. The van der Waals surface area contributed by atoms with Gasteiger partial charge in [0.2, 0.25) is 0 Å². The monoisotopic (exact) mass is 366 g/mol. The second kappa shape index (κ2) is 6.19. The fourth-order valence-electron chi connectivity index (χ4n) is 2.61. The summed E-state index contributed by atoms with van der Waals surface area (Å²) in [5.41, 5.74) is 4.64. The molecule has 26 heavy (non-hydrogen) atoms. The maximum atomic E-state index is 11.1. The third-order valence-corrected chi connectivity index (χ3v) is 4.59. The molecule has 130 valence electrons. The number of carbonyl (C=O) groups is 1. The Balaban J connectivity index is 1.65. The Morgan fingerprint density at radius 2 is 2.08 bits per heavy atom. The van der Waals surface area contributed by atoms with E-state index < -0.39 is 5.97 Å². The molecule has 0 aliphatic carbocycles. The van der Waals surface area contributed by atoms with Crippen molar-refractivity contribution in [3.05, 3.63) is 52.7 Å². The van der Waals surface area contributed by atoms with E-state index in [-0.39, 0.29) is 5.56 Å². The quantitative estimate of drug-likeness (QED) is 0.571. The minimum Gasteiger partial charge on any atom is -0.478 e. The summed E-state index contributed by atoms with van der Waals surface area (Å²) in [6.07, 6.45) is 0. The highest BCUT2D eigenvalue weighted by molar-refractivity contribution is 7.14. The fourth-order valence-corrected chi connectivity index (χ4v) is 3.32. The van der Waals surface area contributed by atoms with Crippen LogP contribution in [0.2, 0.25) is 0 Å². The number of nitrogens with one attached hydrogen (secondary N) is 1. The van der Waals surface area contributed by atoms with Crippen molar-refractivity contribution in [1.82, 2.24) is 24.8 Å². The number of carboxylic acids is 1. The number of thiazole rings is 1. The van der Waals surface area contributed by atoms with Gasteiger partial charge in [0, 0.05) is 17.1 Å². The number of aryl methyl sites for hydroxylation is 2. The Morgan fingerprint density at radius 3 is 2.88 bits per heavy atom. The van der Waals surface area contributed by atoms with Crippen molar-refractivity contribution in [2.24, 2.45) is 0 Å². The molecule has 0 aliphatic rings. The van der Waals surface area contributed by atoms with E-state index >= 15 is 0 Å². The van der Waals surface area contributed by atoms with Crippen molar-refractivity contribution in [2.45, 2.75) is 13.8 Å². The van der Waals surface area contributed by atoms with E-state index in [2.05, 4.69) is 25.6 Å². The predicted octanol–water partition coefficient (Wildman–Crippen LogP) is 3.31. The van der Waals surface area contributed by atoms with E-state index in [0.29, 0.717) is 27.9 Å². The highest BCUT2D eigenvalue weighted by Gasteiger charge is 2.14. The first kappa shape index (κ1) is 16.2. The Kier molecular flexibility index (Phi) is 3.85. The van der Waals surface area contributed by atoms with Crippen molar-refractivity contribution in [3.8, 4) is 11.4 Å². The molecule has 8 nitrogen and oxygen atoms in total. The van der Waals surface area contributed by atoms with Gasteiger partial charge in [0.25, 0.3) is 0 Å². The largest absolute Gasteiger partial charge is 0.478 e. The number of hydrogen-bond acceptors (Lipinski definition) is 7. The molecule has 0 spiro atoms. The van der Waals surface area contributed by atoms with Crippen LogP contribution in [0.25, 0.3) is 17.0 Å². The predicted molar refractivity (Wildman–Crippen MR) is 98.0 cm³/mol. The van der Waals surface area contributed by atoms with Gasteiger partial charge in [-0.15, -0.1) is 21.5 Å². The van der Waals surface area contributed by atoms with Crippen LogP contribution in [0.5, 0.6) is 0 Å². The van der Waals surface area contributed by atoms with Gasteiger partial charge in [-0.25, -0.2) is 14.3 Å². The summed E-state index contributed by atoms with van der Waals surface area (Å²) in [5.74, 6) is -0.970. The number of anilines is 2. The molecule has 3 heterocycles. The van der Waals surface area contributed by atoms with Gasteiger partial charge in [-0.3, -0.25) is 0 Å². The molecule has 0 bridgehead atoms. The summed E-state index contributed by atoms with van der Waals surface area (Å²) in [5, 5.41) is 27.6. The first-order valence-electron chi connectivity index (χ1n) is 7.77. The zero-order valence-electron chi connectivity index (χ0n) is 14.0. The summed E-state index contributed by atoms with van der Waals surface area (Å²) in [4.78, 5) is 15.6. The minimum atomic E-state index is -0.970. The molecule has 0 radical (unpaired) electrons. The number of aromatic nitrogens is 5. The standard InChI is InChI=1S/C17H14N6O2S/c1-9-6-14-20-21-15(10(2)23(14)22-9)13-8-26-17(19-13)18-12-5-3-4-11(7-12)16(24)25/h3-8H,1-2H3,(H,18,19)(H,24,25). The van der Waals surface area contributed by atoms with Gasteiger partial charge in [-0.1, -0.05) is 6.07 Å². The van der Waals surface area contributed by atoms with Crippen LogP contribution >= 0.6 is 11.3 Å². The topological polar surface area (TPSA) is 105 Å². The lowest BCUT2D eigenvalue weighted by atomic mass is 10.2. The molecule has 4 rings (SSSR count). The van der Waals surface area contributed by atoms with Crippen LogP contribution in [0.3, 0.4) is 0 Å². The van der Waals surface area contributed by atoms with Crippen molar-refractivity contribution in [3.63, 3.8) is 0 Å². The van der Waals surface area contributed by atoms with Crippen molar-refractivity contribution < 1.29 is 9.90 Å². The summed E-state index contributed by atoms with van der Waals surface area (Å²) < 4.78 is 1.75. The molecule has 4 aromatic rings. The molecular weight excluding hydrogens is 352 g/mol. The van der Waals surface area contributed by atoms with Gasteiger partial charge in [-0.2, -0.15) is 5.10 Å². The van der Waals surface area contributed by atoms with Gasteiger partial charge >= 0.3 is 5.97 Å². The molecule has 0 unspecified atom stereocenters. The molecule has 9 heteroatoms. The van der Waals surface area contributed by atoms with Crippen LogP contribution in [0.4, 0.5) is 10.8 Å². The van der Waals surface area contributed by atoms with E-state index in [1.54, 1.807) is 28.8 Å². The number of nitrogens with zero attached hydrogens (tertiary/aromatic N) is 5. The Morgan fingerprint density at radius 1 is 1.23 bits per heavy atom. The first-order valence-corrected chi connectivity index (χ1v) is 8.65. The maximum Gasteiger partial charge on any atom is 0.335 e. The Hall–Kier alpha value is -3.33. The average molecular weight is 366 g/mol. The number of rotatable bonds is 4. The van der Waals surface area contributed by atoms with Crippen LogP contribution in [0, 0.1) is 13.8 Å².